The van der Waals surface area contributed by atoms with Gasteiger partial charge in [0.1, 0.15) is 18.7 Å². The highest BCUT2D eigenvalue weighted by Gasteiger charge is 2.26. The van der Waals surface area contributed by atoms with Crippen LogP contribution >= 0.6 is 0 Å². The topological polar surface area (TPSA) is 104 Å². The van der Waals surface area contributed by atoms with Crippen molar-refractivity contribution in [3.63, 3.8) is 0 Å². The maximum atomic E-state index is 12.6. The minimum atomic E-state index is -0.0735. The summed E-state index contributed by atoms with van der Waals surface area (Å²) in [6.45, 7) is 8.41. The molecule has 1 N–H and O–H groups in total. The van der Waals surface area contributed by atoms with Crippen LogP contribution in [0, 0.1) is 11.8 Å². The molecule has 35 heavy (non-hydrogen) atoms. The third kappa shape index (κ3) is 5.38. The molecule has 10 heteroatoms. The van der Waals surface area contributed by atoms with Gasteiger partial charge in [-0.05, 0) is 37.4 Å². The summed E-state index contributed by atoms with van der Waals surface area (Å²) in [6.07, 6.45) is 4.44. The first-order chi connectivity index (χ1) is 17.1. The second-order valence-corrected chi connectivity index (χ2v) is 9.22. The zero-order valence-electron chi connectivity index (χ0n) is 20.3. The Kier molecular flexibility index (Phi) is 7.10. The lowest BCUT2D eigenvalue weighted by Crippen LogP contribution is -2.45. The fraction of sp³-hybridized carbons (Fsp3) is 0.520. The third-order valence-corrected chi connectivity index (χ3v) is 6.91. The summed E-state index contributed by atoms with van der Waals surface area (Å²) < 4.78 is 18.1. The smallest absolute Gasteiger partial charge is 0.252 e. The highest BCUT2D eigenvalue weighted by atomic mass is 16.6. The molecule has 3 aromatic rings. The predicted molar refractivity (Wildman–Crippen MR) is 131 cm³/mol. The molecule has 1 saturated heterocycles. The highest BCUT2D eigenvalue weighted by molar-refractivity contribution is 5.70. The molecule has 1 unspecified atom stereocenters. The molecular formula is C25H32N6O4. The maximum Gasteiger partial charge on any atom is 0.252 e. The Morgan fingerprint density at radius 1 is 1.14 bits per heavy atom. The van der Waals surface area contributed by atoms with Crippen molar-refractivity contribution in [1.29, 1.82) is 0 Å². The van der Waals surface area contributed by atoms with Crippen LogP contribution < -0.4 is 25.1 Å². The van der Waals surface area contributed by atoms with E-state index in [1.54, 1.807) is 36.2 Å². The lowest BCUT2D eigenvalue weighted by molar-refractivity contribution is 0.122. The molecule has 2 atom stereocenters. The molecule has 0 aromatic carbocycles. The molecule has 0 amide bonds. The standard InChI is InChI=1S/C25H32N6O4/c1-17-5-6-30(7-8-31-24(32)4-3-20-25(31)29-23(33-2)15-28-20)16-18(17)12-26-13-19-11-21-22(14-27-19)35-10-9-34-21/h3-4,11,14-15,17-18,26H,5-10,12-13,16H2,1-2H3/t17?,18-/m0/s1. The van der Waals surface area contributed by atoms with Gasteiger partial charge in [-0.1, -0.05) is 6.92 Å². The van der Waals surface area contributed by atoms with Gasteiger partial charge in [0.15, 0.2) is 17.1 Å². The van der Waals surface area contributed by atoms with Crippen LogP contribution in [0.2, 0.25) is 0 Å². The summed E-state index contributed by atoms with van der Waals surface area (Å²) in [5.74, 6) is 3.03. The van der Waals surface area contributed by atoms with Gasteiger partial charge in [0, 0.05) is 38.3 Å². The van der Waals surface area contributed by atoms with Crippen molar-refractivity contribution in [2.75, 3.05) is 46.5 Å². The summed E-state index contributed by atoms with van der Waals surface area (Å²) in [4.78, 5) is 28.3. The Balaban J connectivity index is 1.18. The summed E-state index contributed by atoms with van der Waals surface area (Å²) in [7, 11) is 1.55. The van der Waals surface area contributed by atoms with Gasteiger partial charge < -0.3 is 24.4 Å². The SMILES string of the molecule is COc1cnc2ccc(=O)n(CCN3CCC(C)[C@@H](CNCc4cc5c(cn4)OCCO5)C3)c2n1. The minimum Gasteiger partial charge on any atom is -0.486 e. The maximum absolute atomic E-state index is 12.6. The van der Waals surface area contributed by atoms with E-state index in [0.29, 0.717) is 60.9 Å². The molecule has 0 spiro atoms. The summed E-state index contributed by atoms with van der Waals surface area (Å²) in [6, 6.07) is 5.22. The largest absolute Gasteiger partial charge is 0.486 e. The van der Waals surface area contributed by atoms with Gasteiger partial charge in [-0.25, -0.2) is 4.98 Å². The lowest BCUT2D eigenvalue weighted by atomic mass is 9.87. The molecular weight excluding hydrogens is 448 g/mol. The highest BCUT2D eigenvalue weighted by Crippen LogP contribution is 2.29. The van der Waals surface area contributed by atoms with Crippen molar-refractivity contribution in [1.82, 2.24) is 29.7 Å². The number of likely N-dealkylation sites (tertiary alicyclic amines) is 1. The second-order valence-electron chi connectivity index (χ2n) is 9.22. The molecule has 2 aliphatic rings. The van der Waals surface area contributed by atoms with E-state index in [9.17, 15) is 4.79 Å². The quantitative estimate of drug-likeness (QED) is 0.516. The number of aromatic nitrogens is 4. The summed E-state index contributed by atoms with van der Waals surface area (Å²) >= 11 is 0. The lowest BCUT2D eigenvalue weighted by Gasteiger charge is -2.37. The van der Waals surface area contributed by atoms with Gasteiger partial charge >= 0.3 is 0 Å². The van der Waals surface area contributed by atoms with Crippen molar-refractivity contribution in [3.05, 3.63) is 46.6 Å². The molecule has 5 heterocycles. The molecule has 1 fully saturated rings. The Bertz CT molecular complexity index is 1230. The van der Waals surface area contributed by atoms with Crippen molar-refractivity contribution in [2.24, 2.45) is 11.8 Å². The first-order valence-electron chi connectivity index (χ1n) is 12.2. The Hall–Kier alpha value is -3.24. The molecule has 0 radical (unpaired) electrons. The summed E-state index contributed by atoms with van der Waals surface area (Å²) in [5.41, 5.74) is 2.12. The van der Waals surface area contributed by atoms with Crippen molar-refractivity contribution < 1.29 is 14.2 Å². The number of piperidine rings is 1. The van der Waals surface area contributed by atoms with Crippen molar-refractivity contribution in [2.45, 2.75) is 26.4 Å². The zero-order chi connectivity index (χ0) is 24.2. The molecule has 186 valence electrons. The number of hydrogen-bond acceptors (Lipinski definition) is 9. The van der Waals surface area contributed by atoms with Gasteiger partial charge in [-0.15, -0.1) is 0 Å². The van der Waals surface area contributed by atoms with E-state index in [1.807, 2.05) is 6.07 Å². The molecule has 0 bridgehead atoms. The van der Waals surface area contributed by atoms with E-state index in [2.05, 4.69) is 32.1 Å². The van der Waals surface area contributed by atoms with E-state index in [-0.39, 0.29) is 5.56 Å². The fourth-order valence-corrected chi connectivity index (χ4v) is 4.75. The molecule has 2 aliphatic heterocycles. The molecule has 0 saturated carbocycles. The van der Waals surface area contributed by atoms with E-state index in [0.717, 1.165) is 44.0 Å². The average molecular weight is 481 g/mol. The third-order valence-electron chi connectivity index (χ3n) is 6.91. The van der Waals surface area contributed by atoms with E-state index >= 15 is 0 Å². The van der Waals surface area contributed by atoms with Gasteiger partial charge in [0.05, 0.1) is 25.2 Å². The summed E-state index contributed by atoms with van der Waals surface area (Å²) in [5, 5.41) is 3.58. The minimum absolute atomic E-state index is 0.0735. The Labute approximate surface area is 204 Å². The van der Waals surface area contributed by atoms with Gasteiger partial charge in [0.2, 0.25) is 5.88 Å². The number of rotatable bonds is 8. The van der Waals surface area contributed by atoms with Crippen LogP contribution in [0.15, 0.2) is 35.4 Å². The molecule has 3 aromatic heterocycles. The number of nitrogens with zero attached hydrogens (tertiary/aromatic N) is 5. The predicted octanol–water partition coefficient (Wildman–Crippen LogP) is 1.71. The van der Waals surface area contributed by atoms with E-state index < -0.39 is 0 Å². The second kappa shape index (κ2) is 10.6. The normalized spacial score (nSPS) is 20.2. The number of pyridine rings is 2. The van der Waals surface area contributed by atoms with Crippen LogP contribution in [0.4, 0.5) is 0 Å². The van der Waals surface area contributed by atoms with Crippen LogP contribution in [0.3, 0.4) is 0 Å². The molecule has 10 nitrogen and oxygen atoms in total. The Morgan fingerprint density at radius 3 is 2.86 bits per heavy atom. The van der Waals surface area contributed by atoms with E-state index in [4.69, 9.17) is 14.2 Å². The Morgan fingerprint density at radius 2 is 2.00 bits per heavy atom. The average Bonchev–Trinajstić information content (AvgIpc) is 2.89. The van der Waals surface area contributed by atoms with Crippen molar-refractivity contribution >= 4 is 11.2 Å². The fourth-order valence-electron chi connectivity index (χ4n) is 4.75. The molecule has 5 rings (SSSR count). The van der Waals surface area contributed by atoms with Crippen LogP contribution in [-0.4, -0.2) is 70.9 Å². The van der Waals surface area contributed by atoms with Crippen molar-refractivity contribution in [3.8, 4) is 17.4 Å². The van der Waals surface area contributed by atoms with Gasteiger partial charge in [-0.3, -0.25) is 14.3 Å². The monoisotopic (exact) mass is 480 g/mol. The number of hydrogen-bond donors (Lipinski definition) is 1. The first kappa shape index (κ1) is 23.5. The number of ether oxygens (including phenoxy) is 3. The molecule has 0 aliphatic carbocycles. The van der Waals surface area contributed by atoms with Gasteiger partial charge in [-0.2, -0.15) is 4.98 Å². The zero-order valence-corrected chi connectivity index (χ0v) is 20.3. The first-order valence-corrected chi connectivity index (χ1v) is 12.2. The van der Waals surface area contributed by atoms with Crippen LogP contribution in [0.5, 0.6) is 17.4 Å². The van der Waals surface area contributed by atoms with E-state index in [1.165, 1.54) is 0 Å². The van der Waals surface area contributed by atoms with Crippen LogP contribution in [0.1, 0.15) is 19.0 Å². The van der Waals surface area contributed by atoms with Crippen LogP contribution in [-0.2, 0) is 13.1 Å². The number of methoxy groups -OCH3 is 1. The number of nitrogens with one attached hydrogen (secondary N) is 1. The van der Waals surface area contributed by atoms with Crippen LogP contribution in [0.25, 0.3) is 11.2 Å². The number of fused-ring (bicyclic) bond motifs is 2. The van der Waals surface area contributed by atoms with Gasteiger partial charge in [0.25, 0.3) is 5.56 Å².